The molecule has 1 atom stereocenters. The minimum Gasteiger partial charge on any atom is -0.396 e. The smallest absolute Gasteiger partial charge is 0.233 e. The van der Waals surface area contributed by atoms with Gasteiger partial charge in [0.1, 0.15) is 0 Å². The summed E-state index contributed by atoms with van der Waals surface area (Å²) in [5, 5.41) is 11.2. The lowest BCUT2D eigenvalue weighted by atomic mass is 10.3. The summed E-state index contributed by atoms with van der Waals surface area (Å²) in [5.41, 5.74) is 0. The van der Waals surface area contributed by atoms with Crippen molar-refractivity contribution in [3.63, 3.8) is 0 Å². The summed E-state index contributed by atoms with van der Waals surface area (Å²) in [4.78, 5) is 15.2. The van der Waals surface area contributed by atoms with Crippen molar-refractivity contribution in [2.24, 2.45) is 0 Å². The van der Waals surface area contributed by atoms with Gasteiger partial charge in [-0.15, -0.1) is 29.7 Å². The van der Waals surface area contributed by atoms with Crippen LogP contribution in [0.4, 0.5) is 0 Å². The summed E-state index contributed by atoms with van der Waals surface area (Å²) in [6.07, 6.45) is 2.48. The van der Waals surface area contributed by atoms with Crippen LogP contribution in [0, 0.1) is 0 Å². The maximum Gasteiger partial charge on any atom is 0.233 e. The Hall–Kier alpha value is -0.780. The van der Waals surface area contributed by atoms with Gasteiger partial charge in [-0.05, 0) is 17.9 Å². The quantitative estimate of drug-likeness (QED) is 0.713. The van der Waals surface area contributed by atoms with Crippen LogP contribution in [0.15, 0.2) is 30.2 Å². The first-order chi connectivity index (χ1) is 9.17. The van der Waals surface area contributed by atoms with Gasteiger partial charge in [-0.25, -0.2) is 0 Å². The molecule has 1 aromatic heterocycles. The average molecular weight is 299 g/mol. The monoisotopic (exact) mass is 299 g/mol. The van der Waals surface area contributed by atoms with Gasteiger partial charge in [-0.3, -0.25) is 4.79 Å². The Balaban J connectivity index is 2.46. The summed E-state index contributed by atoms with van der Waals surface area (Å²) in [6, 6.07) is 4.03. The van der Waals surface area contributed by atoms with E-state index >= 15 is 0 Å². The lowest BCUT2D eigenvalue weighted by Gasteiger charge is -2.21. The Morgan fingerprint density at radius 2 is 2.47 bits per heavy atom. The number of nitrogens with zero attached hydrogens (tertiary/aromatic N) is 1. The van der Waals surface area contributed by atoms with Gasteiger partial charge in [0.25, 0.3) is 0 Å². The predicted octanol–water partition coefficient (Wildman–Crippen LogP) is 2.77. The molecule has 1 rings (SSSR count). The first-order valence-electron chi connectivity index (χ1n) is 6.31. The third-order valence-electron chi connectivity index (χ3n) is 2.66. The first kappa shape index (κ1) is 16.3. The Kier molecular flexibility index (Phi) is 7.86. The molecule has 0 aliphatic carbocycles. The molecule has 0 saturated carbocycles. The van der Waals surface area contributed by atoms with E-state index in [1.54, 1.807) is 29.2 Å². The second kappa shape index (κ2) is 9.18. The Morgan fingerprint density at radius 3 is 3.05 bits per heavy atom. The molecule has 1 unspecified atom stereocenters. The second-order valence-corrected chi connectivity index (χ2v) is 6.74. The number of rotatable bonds is 9. The van der Waals surface area contributed by atoms with Crippen molar-refractivity contribution in [1.29, 1.82) is 0 Å². The SMILES string of the molecule is C=CCN(Cc1cccs1)C(=O)CSC(C)CCO. The van der Waals surface area contributed by atoms with Gasteiger partial charge >= 0.3 is 0 Å². The Morgan fingerprint density at radius 1 is 1.68 bits per heavy atom. The maximum atomic E-state index is 12.2. The van der Waals surface area contributed by atoms with Crippen LogP contribution < -0.4 is 0 Å². The topological polar surface area (TPSA) is 40.5 Å². The van der Waals surface area contributed by atoms with Gasteiger partial charge in [-0.2, -0.15) is 0 Å². The van der Waals surface area contributed by atoms with Crippen LogP contribution in [-0.4, -0.2) is 40.1 Å². The molecule has 1 aromatic rings. The van der Waals surface area contributed by atoms with E-state index in [-0.39, 0.29) is 12.5 Å². The van der Waals surface area contributed by atoms with Crippen LogP contribution in [0.25, 0.3) is 0 Å². The number of hydrogen-bond donors (Lipinski definition) is 1. The van der Waals surface area contributed by atoms with E-state index in [4.69, 9.17) is 5.11 Å². The molecule has 0 aliphatic heterocycles. The number of carbonyl (C=O) groups is 1. The van der Waals surface area contributed by atoms with Crippen LogP contribution in [-0.2, 0) is 11.3 Å². The van der Waals surface area contributed by atoms with Crippen molar-refractivity contribution in [2.45, 2.75) is 25.1 Å². The van der Waals surface area contributed by atoms with E-state index in [9.17, 15) is 4.79 Å². The minimum absolute atomic E-state index is 0.128. The summed E-state index contributed by atoms with van der Waals surface area (Å²) < 4.78 is 0. The fourth-order valence-corrected chi connectivity index (χ4v) is 3.17. The highest BCUT2D eigenvalue weighted by atomic mass is 32.2. The third-order valence-corrected chi connectivity index (χ3v) is 4.74. The molecule has 3 nitrogen and oxygen atoms in total. The highest BCUT2D eigenvalue weighted by Crippen LogP contribution is 2.16. The van der Waals surface area contributed by atoms with E-state index in [2.05, 4.69) is 6.58 Å². The van der Waals surface area contributed by atoms with Crippen LogP contribution in [0.3, 0.4) is 0 Å². The summed E-state index contributed by atoms with van der Waals surface area (Å²) in [5.74, 6) is 0.587. The van der Waals surface area contributed by atoms with Gasteiger partial charge in [0, 0.05) is 23.3 Å². The summed E-state index contributed by atoms with van der Waals surface area (Å²) in [6.45, 7) is 7.14. The molecule has 0 aromatic carbocycles. The van der Waals surface area contributed by atoms with Crippen LogP contribution >= 0.6 is 23.1 Å². The predicted molar refractivity (Wildman–Crippen MR) is 83.6 cm³/mol. The molecule has 0 saturated heterocycles. The van der Waals surface area contributed by atoms with Crippen molar-refractivity contribution in [3.8, 4) is 0 Å². The van der Waals surface area contributed by atoms with Crippen LogP contribution in [0.5, 0.6) is 0 Å². The molecule has 0 bridgehead atoms. The number of thioether (sulfide) groups is 1. The molecular formula is C14H21NO2S2. The van der Waals surface area contributed by atoms with Crippen molar-refractivity contribution < 1.29 is 9.90 Å². The highest BCUT2D eigenvalue weighted by Gasteiger charge is 2.14. The van der Waals surface area contributed by atoms with Crippen molar-refractivity contribution in [3.05, 3.63) is 35.0 Å². The fourth-order valence-electron chi connectivity index (χ4n) is 1.57. The summed E-state index contributed by atoms with van der Waals surface area (Å²) >= 11 is 3.25. The number of thiophene rings is 1. The number of hydrogen-bond acceptors (Lipinski definition) is 4. The summed E-state index contributed by atoms with van der Waals surface area (Å²) in [7, 11) is 0. The molecule has 5 heteroatoms. The van der Waals surface area contributed by atoms with Gasteiger partial charge in [-0.1, -0.05) is 19.1 Å². The molecule has 106 valence electrons. The molecule has 1 N–H and O–H groups in total. The number of amides is 1. The lowest BCUT2D eigenvalue weighted by Crippen LogP contribution is -2.32. The molecule has 0 radical (unpaired) electrons. The van der Waals surface area contributed by atoms with E-state index < -0.39 is 0 Å². The number of aliphatic hydroxyl groups is 1. The van der Waals surface area contributed by atoms with Crippen molar-refractivity contribution in [2.75, 3.05) is 18.9 Å². The minimum atomic E-state index is 0.128. The number of aliphatic hydroxyl groups excluding tert-OH is 1. The normalized spacial score (nSPS) is 12.1. The molecule has 0 aliphatic rings. The van der Waals surface area contributed by atoms with Gasteiger partial charge in [0.2, 0.25) is 5.91 Å². The largest absolute Gasteiger partial charge is 0.396 e. The third kappa shape index (κ3) is 6.27. The zero-order chi connectivity index (χ0) is 14.1. The number of carbonyl (C=O) groups excluding carboxylic acids is 1. The standard InChI is InChI=1S/C14H21NO2S2/c1-3-7-15(10-13-5-4-9-18-13)14(17)11-19-12(2)6-8-16/h3-5,9,12,16H,1,6-8,10-11H2,2H3. The maximum absolute atomic E-state index is 12.2. The van der Waals surface area contributed by atoms with E-state index in [1.807, 2.05) is 29.3 Å². The molecule has 1 heterocycles. The Labute approximate surface area is 123 Å². The zero-order valence-electron chi connectivity index (χ0n) is 11.2. The lowest BCUT2D eigenvalue weighted by molar-refractivity contribution is -0.128. The fraction of sp³-hybridized carbons (Fsp3) is 0.500. The Bertz CT molecular complexity index is 379. The van der Waals surface area contributed by atoms with Crippen molar-refractivity contribution >= 4 is 29.0 Å². The average Bonchev–Trinajstić information content (AvgIpc) is 2.89. The molecule has 0 fully saturated rings. The van der Waals surface area contributed by atoms with Crippen LogP contribution in [0.1, 0.15) is 18.2 Å². The van der Waals surface area contributed by atoms with Crippen molar-refractivity contribution in [1.82, 2.24) is 4.90 Å². The zero-order valence-corrected chi connectivity index (χ0v) is 12.9. The molecular weight excluding hydrogens is 278 g/mol. The first-order valence-corrected chi connectivity index (χ1v) is 8.23. The van der Waals surface area contributed by atoms with E-state index in [1.165, 1.54) is 4.88 Å². The molecule has 19 heavy (non-hydrogen) atoms. The molecule has 0 spiro atoms. The van der Waals surface area contributed by atoms with E-state index in [0.717, 1.165) is 6.42 Å². The van der Waals surface area contributed by atoms with Crippen LogP contribution in [0.2, 0.25) is 0 Å². The van der Waals surface area contributed by atoms with Gasteiger partial charge in [0.15, 0.2) is 0 Å². The van der Waals surface area contributed by atoms with Gasteiger partial charge in [0.05, 0.1) is 12.3 Å². The molecule has 1 amide bonds. The highest BCUT2D eigenvalue weighted by molar-refractivity contribution is 8.00. The van der Waals surface area contributed by atoms with E-state index in [0.29, 0.717) is 24.1 Å². The van der Waals surface area contributed by atoms with Gasteiger partial charge < -0.3 is 10.0 Å². The second-order valence-electron chi connectivity index (χ2n) is 4.28.